The van der Waals surface area contributed by atoms with Crippen molar-refractivity contribution in [2.24, 2.45) is 0 Å². The predicted molar refractivity (Wildman–Crippen MR) is 68.4 cm³/mol. The first kappa shape index (κ1) is 14.4. The van der Waals surface area contributed by atoms with Gasteiger partial charge in [0.1, 0.15) is 18.3 Å². The third-order valence-electron chi connectivity index (χ3n) is 3.30. The van der Waals surface area contributed by atoms with Crippen LogP contribution in [0.5, 0.6) is 0 Å². The van der Waals surface area contributed by atoms with Crippen molar-refractivity contribution in [2.75, 3.05) is 7.11 Å². The standard InChI is InChI=1S/C14H20O5/c1-9-11(15)12(16)13(14(17-2)19-9)18-8-10-6-4-3-5-7-10/h3-7,9,11-16H,8H2,1-2H3/t9?,11-,12?,13?,14-/m1/s1. The van der Waals surface area contributed by atoms with Crippen LogP contribution in [-0.4, -0.2) is 48.0 Å². The molecule has 5 heteroatoms. The van der Waals surface area contributed by atoms with E-state index in [1.807, 2.05) is 30.3 Å². The number of aliphatic hydroxyl groups is 2. The lowest BCUT2D eigenvalue weighted by atomic mass is 10.00. The number of benzene rings is 1. The van der Waals surface area contributed by atoms with E-state index in [0.29, 0.717) is 6.61 Å². The molecule has 1 fully saturated rings. The van der Waals surface area contributed by atoms with Crippen molar-refractivity contribution >= 4 is 0 Å². The van der Waals surface area contributed by atoms with E-state index in [2.05, 4.69) is 0 Å². The van der Waals surface area contributed by atoms with Gasteiger partial charge in [-0.05, 0) is 12.5 Å². The molecule has 3 unspecified atom stereocenters. The molecule has 19 heavy (non-hydrogen) atoms. The van der Waals surface area contributed by atoms with E-state index in [1.54, 1.807) is 6.92 Å². The summed E-state index contributed by atoms with van der Waals surface area (Å²) < 4.78 is 16.3. The number of aliphatic hydroxyl groups excluding tert-OH is 2. The summed E-state index contributed by atoms with van der Waals surface area (Å²) in [4.78, 5) is 0. The second kappa shape index (κ2) is 6.45. The van der Waals surface area contributed by atoms with Crippen LogP contribution < -0.4 is 0 Å². The van der Waals surface area contributed by atoms with Crippen molar-refractivity contribution in [2.45, 2.75) is 44.2 Å². The highest BCUT2D eigenvalue weighted by Crippen LogP contribution is 2.24. The number of rotatable bonds is 4. The monoisotopic (exact) mass is 268 g/mol. The first-order chi connectivity index (χ1) is 9.13. The molecule has 0 aromatic heterocycles. The minimum absolute atomic E-state index is 0.326. The molecule has 5 atom stereocenters. The zero-order chi connectivity index (χ0) is 13.8. The van der Waals surface area contributed by atoms with Crippen LogP contribution in [0.4, 0.5) is 0 Å². The highest BCUT2D eigenvalue weighted by atomic mass is 16.7. The first-order valence-electron chi connectivity index (χ1n) is 6.33. The Labute approximate surface area is 112 Å². The molecule has 1 heterocycles. The second-order valence-electron chi connectivity index (χ2n) is 4.69. The van der Waals surface area contributed by atoms with Crippen LogP contribution in [0.25, 0.3) is 0 Å². The van der Waals surface area contributed by atoms with Gasteiger partial charge in [-0.15, -0.1) is 0 Å². The lowest BCUT2D eigenvalue weighted by Crippen LogP contribution is -2.58. The van der Waals surface area contributed by atoms with Gasteiger partial charge in [-0.3, -0.25) is 0 Å². The van der Waals surface area contributed by atoms with Gasteiger partial charge < -0.3 is 24.4 Å². The summed E-state index contributed by atoms with van der Waals surface area (Å²) in [5, 5.41) is 19.9. The molecule has 1 aromatic carbocycles. The van der Waals surface area contributed by atoms with Gasteiger partial charge in [0.15, 0.2) is 6.29 Å². The Morgan fingerprint density at radius 1 is 1.16 bits per heavy atom. The molecule has 1 saturated heterocycles. The Bertz CT molecular complexity index is 381. The number of ether oxygens (including phenoxy) is 3. The van der Waals surface area contributed by atoms with E-state index < -0.39 is 30.7 Å². The van der Waals surface area contributed by atoms with E-state index in [-0.39, 0.29) is 0 Å². The van der Waals surface area contributed by atoms with Crippen molar-refractivity contribution < 1.29 is 24.4 Å². The third-order valence-corrected chi connectivity index (χ3v) is 3.30. The fourth-order valence-electron chi connectivity index (χ4n) is 2.14. The van der Waals surface area contributed by atoms with Gasteiger partial charge in [-0.25, -0.2) is 0 Å². The minimum atomic E-state index is -1.03. The van der Waals surface area contributed by atoms with Gasteiger partial charge in [-0.1, -0.05) is 30.3 Å². The molecule has 5 nitrogen and oxygen atoms in total. The largest absolute Gasteiger partial charge is 0.388 e. The van der Waals surface area contributed by atoms with Crippen LogP contribution >= 0.6 is 0 Å². The van der Waals surface area contributed by atoms with Crippen LogP contribution in [0, 0.1) is 0 Å². The highest BCUT2D eigenvalue weighted by molar-refractivity contribution is 5.13. The molecule has 1 aliphatic rings. The number of methoxy groups -OCH3 is 1. The highest BCUT2D eigenvalue weighted by Gasteiger charge is 2.43. The molecular formula is C14H20O5. The average Bonchev–Trinajstić information content (AvgIpc) is 2.44. The summed E-state index contributed by atoms with van der Waals surface area (Å²) >= 11 is 0. The van der Waals surface area contributed by atoms with Crippen molar-refractivity contribution in [3.8, 4) is 0 Å². The summed E-state index contributed by atoms with van der Waals surface area (Å²) in [5.41, 5.74) is 0.984. The zero-order valence-electron chi connectivity index (χ0n) is 11.1. The third kappa shape index (κ3) is 3.32. The van der Waals surface area contributed by atoms with Crippen LogP contribution in [0.2, 0.25) is 0 Å². The summed E-state index contributed by atoms with van der Waals surface area (Å²) in [6, 6.07) is 9.60. The lowest BCUT2D eigenvalue weighted by Gasteiger charge is -2.40. The Morgan fingerprint density at radius 2 is 1.84 bits per heavy atom. The number of hydrogen-bond donors (Lipinski definition) is 2. The topological polar surface area (TPSA) is 68.2 Å². The summed E-state index contributed by atoms with van der Waals surface area (Å²) in [6.07, 6.45) is -3.89. The van der Waals surface area contributed by atoms with Gasteiger partial charge in [0, 0.05) is 7.11 Å². The molecule has 2 N–H and O–H groups in total. The van der Waals surface area contributed by atoms with Crippen molar-refractivity contribution in [3.63, 3.8) is 0 Å². The van der Waals surface area contributed by atoms with Crippen LogP contribution in [0.1, 0.15) is 12.5 Å². The molecule has 1 aromatic rings. The maximum Gasteiger partial charge on any atom is 0.186 e. The van der Waals surface area contributed by atoms with E-state index in [4.69, 9.17) is 14.2 Å². The SMILES string of the molecule is CO[C@@H]1OC(C)[C@@H](O)C(O)C1OCc1ccccc1. The van der Waals surface area contributed by atoms with Crippen LogP contribution in [0.15, 0.2) is 30.3 Å². The fourth-order valence-corrected chi connectivity index (χ4v) is 2.14. The van der Waals surface area contributed by atoms with E-state index >= 15 is 0 Å². The Hall–Kier alpha value is -0.980. The van der Waals surface area contributed by atoms with E-state index in [0.717, 1.165) is 5.56 Å². The van der Waals surface area contributed by atoms with Gasteiger partial charge in [0.2, 0.25) is 0 Å². The summed E-state index contributed by atoms with van der Waals surface area (Å²) in [6.45, 7) is 2.01. The van der Waals surface area contributed by atoms with Crippen molar-refractivity contribution in [1.82, 2.24) is 0 Å². The van der Waals surface area contributed by atoms with Crippen LogP contribution in [-0.2, 0) is 20.8 Å². The quantitative estimate of drug-likeness (QED) is 0.840. The summed E-state index contributed by atoms with van der Waals surface area (Å²) in [7, 11) is 1.49. The molecule has 1 aliphatic heterocycles. The molecule has 0 bridgehead atoms. The zero-order valence-corrected chi connectivity index (χ0v) is 11.1. The Balaban J connectivity index is 2.00. The Kier molecular flexibility index (Phi) is 4.90. The first-order valence-corrected chi connectivity index (χ1v) is 6.33. The fraction of sp³-hybridized carbons (Fsp3) is 0.571. The molecule has 0 saturated carbocycles. The van der Waals surface area contributed by atoms with Crippen molar-refractivity contribution in [3.05, 3.63) is 35.9 Å². The maximum absolute atomic E-state index is 10.1. The normalized spacial score (nSPS) is 35.3. The molecule has 0 radical (unpaired) electrons. The molecule has 0 aliphatic carbocycles. The molecule has 0 amide bonds. The lowest BCUT2D eigenvalue weighted by molar-refractivity contribution is -0.298. The second-order valence-corrected chi connectivity index (χ2v) is 4.69. The maximum atomic E-state index is 10.1. The van der Waals surface area contributed by atoms with Gasteiger partial charge in [-0.2, -0.15) is 0 Å². The van der Waals surface area contributed by atoms with Gasteiger partial charge in [0.25, 0.3) is 0 Å². The molecule has 0 spiro atoms. The van der Waals surface area contributed by atoms with E-state index in [1.165, 1.54) is 7.11 Å². The van der Waals surface area contributed by atoms with Crippen LogP contribution in [0.3, 0.4) is 0 Å². The van der Waals surface area contributed by atoms with Crippen molar-refractivity contribution in [1.29, 1.82) is 0 Å². The van der Waals surface area contributed by atoms with E-state index in [9.17, 15) is 10.2 Å². The molecule has 106 valence electrons. The minimum Gasteiger partial charge on any atom is -0.388 e. The summed E-state index contributed by atoms with van der Waals surface area (Å²) in [5.74, 6) is 0. The molecule has 2 rings (SSSR count). The smallest absolute Gasteiger partial charge is 0.186 e. The Morgan fingerprint density at radius 3 is 2.47 bits per heavy atom. The number of hydrogen-bond acceptors (Lipinski definition) is 5. The molecular weight excluding hydrogens is 248 g/mol. The average molecular weight is 268 g/mol. The van der Waals surface area contributed by atoms with Gasteiger partial charge in [0.05, 0.1) is 12.7 Å². The predicted octanol–water partition coefficient (Wildman–Crippen LogP) is 0.685. The van der Waals surface area contributed by atoms with Gasteiger partial charge >= 0.3 is 0 Å².